The van der Waals surface area contributed by atoms with Gasteiger partial charge in [-0.1, -0.05) is 13.8 Å². The van der Waals surface area contributed by atoms with E-state index >= 15 is 0 Å². The van der Waals surface area contributed by atoms with Gasteiger partial charge in [0.2, 0.25) is 0 Å². The third kappa shape index (κ3) is 5.78. The highest BCUT2D eigenvalue weighted by molar-refractivity contribution is 4.78. The van der Waals surface area contributed by atoms with E-state index in [1.54, 1.807) is 0 Å². The normalized spacial score (nSPS) is 18.9. The van der Waals surface area contributed by atoms with Crippen molar-refractivity contribution in [1.82, 2.24) is 15.1 Å². The third-order valence-electron chi connectivity index (χ3n) is 4.76. The zero-order valence-corrected chi connectivity index (χ0v) is 13.1. The van der Waals surface area contributed by atoms with Crippen LogP contribution in [0.5, 0.6) is 0 Å². The van der Waals surface area contributed by atoms with E-state index in [2.05, 4.69) is 36.0 Å². The summed E-state index contributed by atoms with van der Waals surface area (Å²) in [6.45, 7) is 12.7. The molecule has 2 N–H and O–H groups in total. The van der Waals surface area contributed by atoms with E-state index in [0.29, 0.717) is 6.61 Å². The lowest BCUT2D eigenvalue weighted by Crippen LogP contribution is -2.45. The first-order chi connectivity index (χ1) is 9.15. The minimum atomic E-state index is 0.0911. The van der Waals surface area contributed by atoms with Gasteiger partial charge in [0.1, 0.15) is 0 Å². The van der Waals surface area contributed by atoms with E-state index in [0.717, 1.165) is 25.9 Å². The van der Waals surface area contributed by atoms with Gasteiger partial charge in [0.15, 0.2) is 0 Å². The molecule has 114 valence electrons. The molecular formula is C15H33N3O. The Labute approximate surface area is 119 Å². The van der Waals surface area contributed by atoms with E-state index in [-0.39, 0.29) is 5.41 Å². The Bertz CT molecular complexity index is 215. The van der Waals surface area contributed by atoms with Gasteiger partial charge < -0.3 is 20.2 Å². The first-order valence-electron chi connectivity index (χ1n) is 7.88. The van der Waals surface area contributed by atoms with Gasteiger partial charge in [-0.15, -0.1) is 0 Å². The molecule has 1 saturated heterocycles. The lowest BCUT2D eigenvalue weighted by molar-refractivity contribution is 0.112. The first kappa shape index (κ1) is 16.9. The molecule has 1 rings (SSSR count). The Hall–Kier alpha value is -0.160. The molecule has 4 nitrogen and oxygen atoms in total. The monoisotopic (exact) mass is 271 g/mol. The number of nitrogens with one attached hydrogen (secondary N) is 1. The van der Waals surface area contributed by atoms with Crippen LogP contribution >= 0.6 is 0 Å². The number of nitrogens with zero attached hydrogens (tertiary/aromatic N) is 2. The van der Waals surface area contributed by atoms with Crippen LogP contribution in [0.3, 0.4) is 0 Å². The molecule has 0 bridgehead atoms. The Kier molecular flexibility index (Phi) is 7.91. The van der Waals surface area contributed by atoms with Gasteiger partial charge in [-0.05, 0) is 39.4 Å². The SMILES string of the molecule is CCC(CC)(CO)CNCCCN1CCN(C)CC1. The van der Waals surface area contributed by atoms with Crippen molar-refractivity contribution in [2.24, 2.45) is 5.41 Å². The second-order valence-corrected chi connectivity index (χ2v) is 6.04. The number of rotatable bonds is 9. The van der Waals surface area contributed by atoms with Crippen LogP contribution in [0.25, 0.3) is 0 Å². The van der Waals surface area contributed by atoms with E-state index in [9.17, 15) is 5.11 Å². The molecule has 0 aliphatic carbocycles. The largest absolute Gasteiger partial charge is 0.396 e. The highest BCUT2D eigenvalue weighted by atomic mass is 16.3. The molecule has 0 radical (unpaired) electrons. The van der Waals surface area contributed by atoms with Gasteiger partial charge in [-0.2, -0.15) is 0 Å². The van der Waals surface area contributed by atoms with Gasteiger partial charge in [-0.25, -0.2) is 0 Å². The van der Waals surface area contributed by atoms with Crippen molar-refractivity contribution in [2.45, 2.75) is 33.1 Å². The van der Waals surface area contributed by atoms with Crippen LogP contribution in [0.1, 0.15) is 33.1 Å². The molecule has 1 fully saturated rings. The molecule has 0 aromatic rings. The summed E-state index contributed by atoms with van der Waals surface area (Å²) in [6.07, 6.45) is 3.30. The fourth-order valence-corrected chi connectivity index (χ4v) is 2.63. The van der Waals surface area contributed by atoms with Crippen LogP contribution in [0.2, 0.25) is 0 Å². The van der Waals surface area contributed by atoms with Gasteiger partial charge in [-0.3, -0.25) is 0 Å². The van der Waals surface area contributed by atoms with Crippen molar-refractivity contribution in [2.75, 3.05) is 59.5 Å². The fourth-order valence-electron chi connectivity index (χ4n) is 2.63. The van der Waals surface area contributed by atoms with Crippen LogP contribution in [0.4, 0.5) is 0 Å². The smallest absolute Gasteiger partial charge is 0.0499 e. The van der Waals surface area contributed by atoms with Gasteiger partial charge in [0, 0.05) is 44.7 Å². The average Bonchev–Trinajstić information content (AvgIpc) is 2.45. The maximum atomic E-state index is 9.51. The van der Waals surface area contributed by atoms with E-state index < -0.39 is 0 Å². The number of piperazine rings is 1. The van der Waals surface area contributed by atoms with Crippen LogP contribution in [-0.2, 0) is 0 Å². The molecular weight excluding hydrogens is 238 g/mol. The second kappa shape index (κ2) is 8.90. The van der Waals surface area contributed by atoms with Crippen LogP contribution < -0.4 is 5.32 Å². The van der Waals surface area contributed by atoms with Crippen molar-refractivity contribution in [3.63, 3.8) is 0 Å². The Morgan fingerprint density at radius 2 is 1.74 bits per heavy atom. The minimum Gasteiger partial charge on any atom is -0.396 e. The van der Waals surface area contributed by atoms with Crippen molar-refractivity contribution < 1.29 is 5.11 Å². The van der Waals surface area contributed by atoms with Crippen molar-refractivity contribution in [3.8, 4) is 0 Å². The fraction of sp³-hybridized carbons (Fsp3) is 1.00. The molecule has 0 spiro atoms. The summed E-state index contributed by atoms with van der Waals surface area (Å²) in [4.78, 5) is 4.95. The van der Waals surface area contributed by atoms with E-state index in [4.69, 9.17) is 0 Å². The molecule has 0 unspecified atom stereocenters. The van der Waals surface area contributed by atoms with Crippen LogP contribution in [0.15, 0.2) is 0 Å². The molecule has 0 saturated carbocycles. The van der Waals surface area contributed by atoms with Crippen molar-refractivity contribution in [3.05, 3.63) is 0 Å². The summed E-state index contributed by atoms with van der Waals surface area (Å²) >= 11 is 0. The van der Waals surface area contributed by atoms with Crippen LogP contribution in [0, 0.1) is 5.41 Å². The number of aliphatic hydroxyl groups excluding tert-OH is 1. The number of aliphatic hydroxyl groups is 1. The standard InChI is InChI=1S/C15H33N3O/c1-4-15(5-2,14-19)13-16-7-6-8-18-11-9-17(3)10-12-18/h16,19H,4-14H2,1-3H3. The lowest BCUT2D eigenvalue weighted by Gasteiger charge is -2.32. The highest BCUT2D eigenvalue weighted by Crippen LogP contribution is 2.24. The molecule has 0 aromatic heterocycles. The van der Waals surface area contributed by atoms with Gasteiger partial charge in [0.05, 0.1) is 0 Å². The molecule has 0 atom stereocenters. The van der Waals surface area contributed by atoms with Gasteiger partial charge in [0.25, 0.3) is 0 Å². The summed E-state index contributed by atoms with van der Waals surface area (Å²) in [5.74, 6) is 0. The second-order valence-electron chi connectivity index (χ2n) is 6.04. The van der Waals surface area contributed by atoms with Crippen LogP contribution in [-0.4, -0.2) is 74.4 Å². The summed E-state index contributed by atoms with van der Waals surface area (Å²) in [6, 6.07) is 0. The van der Waals surface area contributed by atoms with Crippen molar-refractivity contribution in [1.29, 1.82) is 0 Å². The average molecular weight is 271 g/mol. The molecule has 4 heteroatoms. The molecule has 19 heavy (non-hydrogen) atoms. The van der Waals surface area contributed by atoms with Crippen molar-refractivity contribution >= 4 is 0 Å². The third-order valence-corrected chi connectivity index (χ3v) is 4.76. The van der Waals surface area contributed by atoms with E-state index in [1.165, 1.54) is 39.1 Å². The number of hydrogen-bond acceptors (Lipinski definition) is 4. The molecule has 0 amide bonds. The lowest BCUT2D eigenvalue weighted by atomic mass is 9.83. The quantitative estimate of drug-likeness (QED) is 0.614. The maximum Gasteiger partial charge on any atom is 0.0499 e. The summed E-state index contributed by atoms with van der Waals surface area (Å²) in [5.41, 5.74) is 0.0911. The maximum absolute atomic E-state index is 9.51. The molecule has 0 aromatic carbocycles. The predicted molar refractivity (Wildman–Crippen MR) is 81.5 cm³/mol. The summed E-state index contributed by atoms with van der Waals surface area (Å²) < 4.78 is 0. The molecule has 1 heterocycles. The number of likely N-dealkylation sites (N-methyl/N-ethyl adjacent to an activating group) is 1. The topological polar surface area (TPSA) is 38.7 Å². The molecule has 1 aliphatic rings. The zero-order valence-electron chi connectivity index (χ0n) is 13.1. The van der Waals surface area contributed by atoms with Gasteiger partial charge >= 0.3 is 0 Å². The number of hydrogen-bond donors (Lipinski definition) is 2. The Morgan fingerprint density at radius 1 is 1.11 bits per heavy atom. The summed E-state index contributed by atoms with van der Waals surface area (Å²) in [7, 11) is 2.20. The Morgan fingerprint density at radius 3 is 2.26 bits per heavy atom. The Balaban J connectivity index is 2.07. The minimum absolute atomic E-state index is 0.0911. The zero-order chi connectivity index (χ0) is 14.1. The predicted octanol–water partition coefficient (Wildman–Crippen LogP) is 1.01. The van der Waals surface area contributed by atoms with E-state index in [1.807, 2.05) is 0 Å². The highest BCUT2D eigenvalue weighted by Gasteiger charge is 2.24. The molecule has 1 aliphatic heterocycles. The first-order valence-corrected chi connectivity index (χ1v) is 7.88. The summed E-state index contributed by atoms with van der Waals surface area (Å²) in [5, 5.41) is 13.0.